The van der Waals surface area contributed by atoms with Gasteiger partial charge in [0.2, 0.25) is 0 Å². The first kappa shape index (κ1) is 25.0. The number of thioether (sulfide) groups is 1. The van der Waals surface area contributed by atoms with Crippen LogP contribution < -0.4 is 0 Å². The molecule has 35 heavy (non-hydrogen) atoms. The van der Waals surface area contributed by atoms with E-state index < -0.39 is 6.10 Å². The summed E-state index contributed by atoms with van der Waals surface area (Å²) in [6.07, 6.45) is 13.2. The van der Waals surface area contributed by atoms with Crippen molar-refractivity contribution in [3.63, 3.8) is 0 Å². The minimum absolute atomic E-state index is 0.0189. The lowest BCUT2D eigenvalue weighted by atomic mass is 9.72. The molecule has 1 saturated heterocycles. The molecule has 0 spiro atoms. The Morgan fingerprint density at radius 2 is 1.69 bits per heavy atom. The maximum Gasteiger partial charge on any atom is 0.163 e. The first-order chi connectivity index (χ1) is 16.7. The largest absolute Gasteiger partial charge is 0.475 e. The van der Waals surface area contributed by atoms with Gasteiger partial charge in [0.15, 0.2) is 4.93 Å². The molecule has 0 aromatic heterocycles. The predicted molar refractivity (Wildman–Crippen MR) is 149 cm³/mol. The van der Waals surface area contributed by atoms with Gasteiger partial charge in [-0.15, -0.1) is 0 Å². The summed E-state index contributed by atoms with van der Waals surface area (Å²) in [5.74, 6) is 1.76. The fraction of sp³-hybridized carbons (Fsp3) is 0.562. The van der Waals surface area contributed by atoms with Gasteiger partial charge in [-0.3, -0.25) is 0 Å². The summed E-state index contributed by atoms with van der Waals surface area (Å²) in [5, 5.41) is 11.4. The number of hydrogen-bond acceptors (Lipinski definition) is 3. The van der Waals surface area contributed by atoms with Crippen molar-refractivity contribution in [2.45, 2.75) is 91.1 Å². The lowest BCUT2D eigenvalue weighted by molar-refractivity contribution is 0.0214. The van der Waals surface area contributed by atoms with E-state index in [9.17, 15) is 5.11 Å². The molecule has 1 aromatic carbocycles. The first-order valence-corrected chi connectivity index (χ1v) is 14.6. The molecule has 2 nitrogen and oxygen atoms in total. The normalized spacial score (nSPS) is 26.8. The van der Waals surface area contributed by atoms with Crippen molar-refractivity contribution in [3.05, 3.63) is 75.4 Å². The number of benzene rings is 1. The van der Waals surface area contributed by atoms with E-state index in [4.69, 9.17) is 4.74 Å². The highest BCUT2D eigenvalue weighted by Gasteiger charge is 2.49. The standard InChI is InChI=1S/C32H42O2S/c1-7-31(8-2)15-13-22-11-9-10-12-24(22)30-23(14-16-31)17-27(33)25-19-29-28(18-26(25)30)34-32(35-29,20(3)4)21(5)6/h9-12,17-21,25,27,33H,7-8,13-16H2,1-6H3/t25?,27-/m1/s1. The van der Waals surface area contributed by atoms with E-state index in [0.717, 1.165) is 18.6 Å². The third-order valence-electron chi connectivity index (χ3n) is 9.35. The molecule has 5 rings (SSSR count). The van der Waals surface area contributed by atoms with E-state index in [-0.39, 0.29) is 10.9 Å². The highest BCUT2D eigenvalue weighted by atomic mass is 32.2. The Morgan fingerprint density at radius 3 is 2.37 bits per heavy atom. The van der Waals surface area contributed by atoms with E-state index in [0.29, 0.717) is 17.3 Å². The Balaban J connectivity index is 1.67. The molecular formula is C32H42O2S. The Kier molecular flexibility index (Phi) is 6.64. The Hall–Kier alpha value is -1.71. The third-order valence-corrected chi connectivity index (χ3v) is 11.3. The number of allylic oxidation sites excluding steroid dienone is 3. The van der Waals surface area contributed by atoms with Gasteiger partial charge in [0.1, 0.15) is 5.76 Å². The average molecular weight is 491 g/mol. The molecule has 1 unspecified atom stereocenters. The molecule has 2 atom stereocenters. The van der Waals surface area contributed by atoms with Crippen LogP contribution in [0.4, 0.5) is 0 Å². The molecular weight excluding hydrogens is 448 g/mol. The summed E-state index contributed by atoms with van der Waals surface area (Å²) in [4.78, 5) is 0.945. The maximum atomic E-state index is 11.4. The van der Waals surface area contributed by atoms with E-state index in [2.05, 4.69) is 84.0 Å². The SMILES string of the molecule is CCC1(CC)CCC2=C[C@@H](O)C3C=C4SC(C(C)C)(C(C)C)OC4=CC3=C2c2ccccc2CC1. The molecule has 1 heterocycles. The number of aliphatic hydroxyl groups is 1. The van der Waals surface area contributed by atoms with Gasteiger partial charge in [-0.05, 0) is 65.0 Å². The molecule has 1 N–H and O–H groups in total. The van der Waals surface area contributed by atoms with E-state index in [1.807, 2.05) is 11.8 Å². The zero-order valence-corrected chi connectivity index (χ0v) is 23.2. The molecule has 4 aliphatic rings. The van der Waals surface area contributed by atoms with Gasteiger partial charge in [0, 0.05) is 17.8 Å². The Bertz CT molecular complexity index is 1100. The van der Waals surface area contributed by atoms with Crippen LogP contribution in [0.25, 0.3) is 5.57 Å². The van der Waals surface area contributed by atoms with E-state index in [1.165, 1.54) is 58.4 Å². The quantitative estimate of drug-likeness (QED) is 0.459. The average Bonchev–Trinajstić information content (AvgIpc) is 3.26. The highest BCUT2D eigenvalue weighted by Crippen LogP contribution is 2.58. The summed E-state index contributed by atoms with van der Waals surface area (Å²) in [5.41, 5.74) is 7.08. The molecule has 188 valence electrons. The molecule has 0 radical (unpaired) electrons. The molecule has 0 saturated carbocycles. The maximum absolute atomic E-state index is 11.4. The summed E-state index contributed by atoms with van der Waals surface area (Å²) in [6.45, 7) is 13.8. The van der Waals surface area contributed by atoms with Gasteiger partial charge in [0.05, 0.1) is 11.0 Å². The van der Waals surface area contributed by atoms with Crippen LogP contribution in [-0.4, -0.2) is 16.1 Å². The van der Waals surface area contributed by atoms with Gasteiger partial charge in [-0.2, -0.15) is 0 Å². The van der Waals surface area contributed by atoms with Crippen LogP contribution in [0.5, 0.6) is 0 Å². The van der Waals surface area contributed by atoms with Gasteiger partial charge in [-0.1, -0.05) is 103 Å². The van der Waals surface area contributed by atoms with Crippen LogP contribution >= 0.6 is 11.8 Å². The summed E-state index contributed by atoms with van der Waals surface area (Å²) in [6, 6.07) is 8.99. The minimum atomic E-state index is -0.492. The molecule has 3 heteroatoms. The van der Waals surface area contributed by atoms with Gasteiger partial charge in [-0.25, -0.2) is 0 Å². The molecule has 3 aliphatic carbocycles. The lowest BCUT2D eigenvalue weighted by Crippen LogP contribution is -2.36. The van der Waals surface area contributed by atoms with Crippen LogP contribution in [0.3, 0.4) is 0 Å². The van der Waals surface area contributed by atoms with Crippen LogP contribution in [0, 0.1) is 23.2 Å². The van der Waals surface area contributed by atoms with Crippen molar-refractivity contribution in [1.82, 2.24) is 0 Å². The van der Waals surface area contributed by atoms with Crippen LogP contribution in [0.2, 0.25) is 0 Å². The van der Waals surface area contributed by atoms with Crippen LogP contribution in [0.1, 0.15) is 84.8 Å². The second-order valence-electron chi connectivity index (χ2n) is 11.7. The number of fused-ring (bicyclic) bond motifs is 5. The predicted octanol–water partition coefficient (Wildman–Crippen LogP) is 8.44. The summed E-state index contributed by atoms with van der Waals surface area (Å²) < 4.78 is 6.80. The first-order valence-electron chi connectivity index (χ1n) is 13.8. The monoisotopic (exact) mass is 490 g/mol. The van der Waals surface area contributed by atoms with Crippen LogP contribution in [0.15, 0.2) is 64.3 Å². The topological polar surface area (TPSA) is 29.5 Å². The number of hydrogen-bond donors (Lipinski definition) is 1. The minimum Gasteiger partial charge on any atom is -0.475 e. The summed E-state index contributed by atoms with van der Waals surface area (Å²) in [7, 11) is 0. The van der Waals surface area contributed by atoms with Crippen molar-refractivity contribution in [3.8, 4) is 0 Å². The van der Waals surface area contributed by atoms with E-state index >= 15 is 0 Å². The van der Waals surface area contributed by atoms with Crippen molar-refractivity contribution in [2.75, 3.05) is 0 Å². The summed E-state index contributed by atoms with van der Waals surface area (Å²) >= 11 is 1.86. The zero-order chi connectivity index (χ0) is 25.0. The van der Waals surface area contributed by atoms with Crippen LogP contribution in [-0.2, 0) is 11.2 Å². The second kappa shape index (κ2) is 9.30. The number of rotatable bonds is 4. The Morgan fingerprint density at radius 1 is 1.00 bits per heavy atom. The highest BCUT2D eigenvalue weighted by molar-refractivity contribution is 8.04. The smallest absolute Gasteiger partial charge is 0.163 e. The molecule has 1 fully saturated rings. The van der Waals surface area contributed by atoms with E-state index in [1.54, 1.807) is 0 Å². The third kappa shape index (κ3) is 4.07. The number of ether oxygens (including phenoxy) is 1. The van der Waals surface area contributed by atoms with Gasteiger partial charge >= 0.3 is 0 Å². The molecule has 0 bridgehead atoms. The number of aryl methyl sites for hydroxylation is 1. The Labute approximate surface area is 216 Å². The van der Waals surface area contributed by atoms with Gasteiger partial charge in [0.25, 0.3) is 0 Å². The number of aliphatic hydroxyl groups excluding tert-OH is 1. The van der Waals surface area contributed by atoms with Crippen molar-refractivity contribution < 1.29 is 9.84 Å². The van der Waals surface area contributed by atoms with Crippen molar-refractivity contribution in [1.29, 1.82) is 0 Å². The molecule has 1 aromatic rings. The lowest BCUT2D eigenvalue weighted by Gasteiger charge is -2.35. The second-order valence-corrected chi connectivity index (χ2v) is 13.0. The van der Waals surface area contributed by atoms with Gasteiger partial charge < -0.3 is 9.84 Å². The fourth-order valence-electron chi connectivity index (χ4n) is 6.81. The zero-order valence-electron chi connectivity index (χ0n) is 22.4. The fourth-order valence-corrected chi connectivity index (χ4v) is 8.17. The van der Waals surface area contributed by atoms with Crippen molar-refractivity contribution in [2.24, 2.45) is 23.2 Å². The molecule has 0 amide bonds. The van der Waals surface area contributed by atoms with Crippen molar-refractivity contribution >= 4 is 17.3 Å². The molecule has 1 aliphatic heterocycles.